The van der Waals surface area contributed by atoms with E-state index in [0.29, 0.717) is 0 Å². The van der Waals surface area contributed by atoms with Gasteiger partial charge in [-0.1, -0.05) is 0 Å². The highest BCUT2D eigenvalue weighted by molar-refractivity contribution is 7.88. The zero-order chi connectivity index (χ0) is 7.07. The molecule has 52 valence electrons. The van der Waals surface area contributed by atoms with Crippen LogP contribution < -0.4 is 0 Å². The van der Waals surface area contributed by atoms with Gasteiger partial charge in [0.05, 0.1) is 0 Å². The highest BCUT2D eigenvalue weighted by Crippen LogP contribution is 2.36. The quantitative estimate of drug-likeness (QED) is 0.540. The van der Waals surface area contributed by atoms with Crippen LogP contribution in [0.15, 0.2) is 10.2 Å². The summed E-state index contributed by atoms with van der Waals surface area (Å²) in [4.78, 5) is 0. The second kappa shape index (κ2) is 1.95. The van der Waals surface area contributed by atoms with Crippen molar-refractivity contribution in [3.05, 3.63) is 10.2 Å². The van der Waals surface area contributed by atoms with E-state index in [1.54, 1.807) is 0 Å². The maximum Gasteiger partial charge on any atom is 0.587 e. The summed E-state index contributed by atoms with van der Waals surface area (Å²) in [5.74, 6) is 0. The molecule has 0 bridgehead atoms. The number of hydrogen-bond donors (Lipinski definition) is 2. The molecule has 0 amide bonds. The lowest BCUT2D eigenvalue weighted by Gasteiger charge is -2.05. The molecule has 0 aliphatic carbocycles. The molecule has 0 saturated heterocycles. The van der Waals surface area contributed by atoms with Crippen molar-refractivity contribution < 1.29 is 18.3 Å². The molecule has 0 aromatic carbocycles. The third-order valence-corrected chi connectivity index (χ3v) is 1.38. The number of halogens is 2. The summed E-state index contributed by atoms with van der Waals surface area (Å²) in [5, 5.41) is -0.605. The molecule has 0 N–H and O–H groups in total. The van der Waals surface area contributed by atoms with Gasteiger partial charge in [-0.2, -0.15) is 0 Å². The molecule has 0 unspecified atom stereocenters. The Labute approximate surface area is 60.6 Å². The van der Waals surface area contributed by atoms with Gasteiger partial charge in [0.1, 0.15) is 0 Å². The first kappa shape index (κ1) is 7.01. The maximum absolute atomic E-state index is 11.9. The summed E-state index contributed by atoms with van der Waals surface area (Å²) in [6, 6.07) is 0. The molecule has 0 radical (unpaired) electrons. The van der Waals surface area contributed by atoms with Gasteiger partial charge in [0.2, 0.25) is 10.2 Å². The third kappa shape index (κ3) is 1.42. The van der Waals surface area contributed by atoms with E-state index in [4.69, 9.17) is 0 Å². The number of ether oxygens (including phenoxy) is 2. The molecule has 6 heteroatoms. The standard InChI is InChI=1S/C3H2F2O2S2/c4-3(5)6-1(8)2(9)7-3/h8-9H. The van der Waals surface area contributed by atoms with Crippen LogP contribution in [0.2, 0.25) is 0 Å². The van der Waals surface area contributed by atoms with Gasteiger partial charge in [-0.05, 0) is 0 Å². The zero-order valence-electron chi connectivity index (χ0n) is 3.97. The Bertz CT molecular complexity index is 151. The molecule has 0 saturated carbocycles. The Balaban J connectivity index is 2.70. The maximum atomic E-state index is 11.9. The van der Waals surface area contributed by atoms with Crippen molar-refractivity contribution in [1.29, 1.82) is 0 Å². The molecule has 1 rings (SSSR count). The lowest BCUT2D eigenvalue weighted by Crippen LogP contribution is -2.15. The van der Waals surface area contributed by atoms with E-state index in [1.165, 1.54) is 0 Å². The lowest BCUT2D eigenvalue weighted by molar-refractivity contribution is -0.332. The van der Waals surface area contributed by atoms with Gasteiger partial charge < -0.3 is 9.47 Å². The smallest absolute Gasteiger partial charge is 0.388 e. The SMILES string of the molecule is FC1(F)OC(S)=C(S)O1. The first-order chi connectivity index (χ1) is 4.01. The fraction of sp³-hybridized carbons (Fsp3) is 0.333. The van der Waals surface area contributed by atoms with Gasteiger partial charge in [-0.25, -0.2) is 0 Å². The van der Waals surface area contributed by atoms with Gasteiger partial charge in [0.15, 0.2) is 0 Å². The molecule has 0 aromatic rings. The van der Waals surface area contributed by atoms with E-state index in [0.717, 1.165) is 0 Å². The number of alkyl halides is 2. The fourth-order valence-electron chi connectivity index (χ4n) is 0.333. The van der Waals surface area contributed by atoms with E-state index in [1.807, 2.05) is 0 Å². The van der Waals surface area contributed by atoms with Gasteiger partial charge >= 0.3 is 6.29 Å². The van der Waals surface area contributed by atoms with Crippen molar-refractivity contribution in [3.63, 3.8) is 0 Å². The Hall–Kier alpha value is -0.100. The predicted molar refractivity (Wildman–Crippen MR) is 32.1 cm³/mol. The molecular weight excluding hydrogens is 170 g/mol. The van der Waals surface area contributed by atoms with Crippen LogP contribution in [0, 0.1) is 0 Å². The Kier molecular flexibility index (Phi) is 1.52. The molecule has 2 nitrogen and oxygen atoms in total. The van der Waals surface area contributed by atoms with E-state index >= 15 is 0 Å². The van der Waals surface area contributed by atoms with Gasteiger partial charge in [-0.3, -0.25) is 0 Å². The van der Waals surface area contributed by atoms with Crippen LogP contribution in [0.5, 0.6) is 0 Å². The molecular formula is C3H2F2O2S2. The fourth-order valence-corrected chi connectivity index (χ4v) is 0.637. The lowest BCUT2D eigenvalue weighted by atomic mass is 11.1. The van der Waals surface area contributed by atoms with Crippen molar-refractivity contribution in [2.45, 2.75) is 6.29 Å². The van der Waals surface area contributed by atoms with Crippen LogP contribution >= 0.6 is 25.3 Å². The Morgan fingerprint density at radius 2 is 1.44 bits per heavy atom. The molecule has 1 aliphatic rings. The first-order valence-electron chi connectivity index (χ1n) is 1.89. The molecule has 9 heavy (non-hydrogen) atoms. The number of thiol groups is 2. The number of rotatable bonds is 0. The van der Waals surface area contributed by atoms with Crippen LogP contribution in [-0.2, 0) is 9.47 Å². The van der Waals surface area contributed by atoms with E-state index < -0.39 is 6.29 Å². The van der Waals surface area contributed by atoms with Crippen molar-refractivity contribution in [1.82, 2.24) is 0 Å². The average molecular weight is 172 g/mol. The van der Waals surface area contributed by atoms with Crippen LogP contribution in [0.4, 0.5) is 8.78 Å². The van der Waals surface area contributed by atoms with E-state index in [-0.39, 0.29) is 10.2 Å². The monoisotopic (exact) mass is 172 g/mol. The average Bonchev–Trinajstić information content (AvgIpc) is 1.79. The van der Waals surface area contributed by atoms with Gasteiger partial charge in [-0.15, -0.1) is 34.0 Å². The minimum absolute atomic E-state index is 0.302. The minimum atomic E-state index is -3.59. The van der Waals surface area contributed by atoms with Crippen molar-refractivity contribution in [2.24, 2.45) is 0 Å². The number of hydrogen-bond acceptors (Lipinski definition) is 4. The summed E-state index contributed by atoms with van der Waals surface area (Å²) in [6.45, 7) is 0. The van der Waals surface area contributed by atoms with Crippen LogP contribution in [0.25, 0.3) is 0 Å². The van der Waals surface area contributed by atoms with Crippen LogP contribution in [-0.4, -0.2) is 6.29 Å². The normalized spacial score (nSPS) is 23.6. The highest BCUT2D eigenvalue weighted by Gasteiger charge is 2.43. The topological polar surface area (TPSA) is 18.5 Å². The Morgan fingerprint density at radius 3 is 1.56 bits per heavy atom. The van der Waals surface area contributed by atoms with Crippen molar-refractivity contribution in [3.8, 4) is 0 Å². The molecule has 0 aromatic heterocycles. The summed E-state index contributed by atoms with van der Waals surface area (Å²) in [6.07, 6.45) is -3.59. The molecule has 0 spiro atoms. The second-order valence-electron chi connectivity index (χ2n) is 1.28. The zero-order valence-corrected chi connectivity index (χ0v) is 5.76. The van der Waals surface area contributed by atoms with E-state index in [2.05, 4.69) is 34.7 Å². The first-order valence-corrected chi connectivity index (χ1v) is 2.79. The van der Waals surface area contributed by atoms with Gasteiger partial charge in [0.25, 0.3) is 0 Å². The van der Waals surface area contributed by atoms with Crippen molar-refractivity contribution in [2.75, 3.05) is 0 Å². The minimum Gasteiger partial charge on any atom is -0.388 e. The summed E-state index contributed by atoms with van der Waals surface area (Å²) >= 11 is 6.95. The predicted octanol–water partition coefficient (Wildman–Crippen LogP) is 1.57. The third-order valence-electron chi connectivity index (χ3n) is 0.614. The van der Waals surface area contributed by atoms with Crippen LogP contribution in [0.3, 0.4) is 0 Å². The second-order valence-corrected chi connectivity index (χ2v) is 2.09. The molecule has 0 atom stereocenters. The van der Waals surface area contributed by atoms with E-state index in [9.17, 15) is 8.78 Å². The summed E-state index contributed by atoms with van der Waals surface area (Å²) < 4.78 is 31.3. The summed E-state index contributed by atoms with van der Waals surface area (Å²) in [5.41, 5.74) is 0. The molecule has 1 aliphatic heterocycles. The largest absolute Gasteiger partial charge is 0.587 e. The van der Waals surface area contributed by atoms with Gasteiger partial charge in [0, 0.05) is 0 Å². The van der Waals surface area contributed by atoms with Crippen LogP contribution in [0.1, 0.15) is 0 Å². The molecule has 0 fully saturated rings. The highest BCUT2D eigenvalue weighted by atomic mass is 32.1. The summed E-state index contributed by atoms with van der Waals surface area (Å²) in [7, 11) is 0. The van der Waals surface area contributed by atoms with Crippen molar-refractivity contribution >= 4 is 25.3 Å². The molecule has 1 heterocycles. The Morgan fingerprint density at radius 1 is 1.11 bits per heavy atom.